The zero-order valence-corrected chi connectivity index (χ0v) is 17.8. The van der Waals surface area contributed by atoms with Crippen molar-refractivity contribution in [3.05, 3.63) is 75.2 Å². The fourth-order valence-electron chi connectivity index (χ4n) is 2.75. The van der Waals surface area contributed by atoms with E-state index in [0.717, 1.165) is 44.6 Å². The number of nitrogens with one attached hydrogen (secondary N) is 1. The van der Waals surface area contributed by atoms with Crippen molar-refractivity contribution in [2.45, 2.75) is 25.4 Å². The van der Waals surface area contributed by atoms with Gasteiger partial charge in [0.25, 0.3) is 5.56 Å². The molecule has 1 heterocycles. The number of nitrogen functional groups attached to an aromatic ring is 1. The second-order valence-corrected chi connectivity index (χ2v) is 7.73. The Bertz CT molecular complexity index is 1110. The lowest BCUT2D eigenvalue weighted by Crippen LogP contribution is -2.34. The van der Waals surface area contributed by atoms with E-state index in [1.807, 2.05) is 56.3 Å². The number of methoxy groups -OCH3 is 1. The highest BCUT2D eigenvalue weighted by Crippen LogP contribution is 2.18. The maximum Gasteiger partial charge on any atom is 0.294 e. The second kappa shape index (κ2) is 9.45. The van der Waals surface area contributed by atoms with Gasteiger partial charge >= 0.3 is 0 Å². The molecule has 0 radical (unpaired) electrons. The van der Waals surface area contributed by atoms with Gasteiger partial charge in [0.05, 0.1) is 12.9 Å². The van der Waals surface area contributed by atoms with Gasteiger partial charge in [0, 0.05) is 12.1 Å². The first-order chi connectivity index (χ1) is 14.4. The lowest BCUT2D eigenvalue weighted by Gasteiger charge is -2.10. The van der Waals surface area contributed by atoms with Gasteiger partial charge in [-0.25, -0.2) is 0 Å². The number of carbonyl (C=O) groups excluding carboxylic acids is 1. The number of hydrogen-bond acceptors (Lipinski definition) is 7. The van der Waals surface area contributed by atoms with Crippen molar-refractivity contribution in [3.8, 4) is 5.75 Å². The van der Waals surface area contributed by atoms with Crippen LogP contribution in [-0.2, 0) is 11.2 Å². The van der Waals surface area contributed by atoms with Gasteiger partial charge in [-0.05, 0) is 48.7 Å². The molecule has 3 aromatic rings. The van der Waals surface area contributed by atoms with Crippen LogP contribution in [0.5, 0.6) is 5.75 Å². The summed E-state index contributed by atoms with van der Waals surface area (Å²) in [6.07, 6.45) is 0.297. The normalized spacial score (nSPS) is 10.6. The Morgan fingerprint density at radius 3 is 2.60 bits per heavy atom. The third kappa shape index (κ3) is 5.18. The number of ether oxygens (including phenoxy) is 1. The van der Waals surface area contributed by atoms with E-state index >= 15 is 0 Å². The Morgan fingerprint density at radius 1 is 1.17 bits per heavy atom. The van der Waals surface area contributed by atoms with Crippen molar-refractivity contribution in [1.82, 2.24) is 14.9 Å². The van der Waals surface area contributed by atoms with E-state index in [-0.39, 0.29) is 22.5 Å². The molecular formula is C21H23N5O3S. The molecule has 3 N–H and O–H groups in total. The summed E-state index contributed by atoms with van der Waals surface area (Å²) in [6.45, 7) is 3.88. The van der Waals surface area contributed by atoms with Gasteiger partial charge in [-0.2, -0.15) is 4.68 Å². The molecule has 1 aromatic heterocycles. The summed E-state index contributed by atoms with van der Waals surface area (Å²) in [5, 5.41) is 11.1. The number of amides is 1. The number of nitrogens with zero attached hydrogens (tertiary/aromatic N) is 3. The molecule has 0 unspecified atom stereocenters. The molecule has 0 saturated carbocycles. The Balaban J connectivity index is 1.65. The standard InChI is InChI=1S/C21H23N5O3S/c1-13-4-5-14(2)17(10-13)23-19(27)12-30-21-25-24-18(20(28)26(21)22)11-15-6-8-16(29-3)9-7-15/h4-10H,11-12,22H2,1-3H3,(H,23,27). The van der Waals surface area contributed by atoms with Gasteiger partial charge in [-0.1, -0.05) is 36.0 Å². The van der Waals surface area contributed by atoms with Crippen LogP contribution in [0.2, 0.25) is 0 Å². The fraction of sp³-hybridized carbons (Fsp3) is 0.238. The first kappa shape index (κ1) is 21.4. The van der Waals surface area contributed by atoms with Crippen molar-refractivity contribution >= 4 is 23.4 Å². The van der Waals surface area contributed by atoms with Gasteiger partial charge in [-0.15, -0.1) is 10.2 Å². The van der Waals surface area contributed by atoms with Crippen LogP contribution < -0.4 is 21.5 Å². The summed E-state index contributed by atoms with van der Waals surface area (Å²) >= 11 is 1.05. The van der Waals surface area contributed by atoms with Crippen molar-refractivity contribution in [1.29, 1.82) is 0 Å². The lowest BCUT2D eigenvalue weighted by molar-refractivity contribution is -0.113. The number of thioether (sulfide) groups is 1. The SMILES string of the molecule is COc1ccc(Cc2nnc(SCC(=O)Nc3cc(C)ccc3C)n(N)c2=O)cc1. The van der Waals surface area contributed by atoms with E-state index in [0.29, 0.717) is 6.42 Å². The summed E-state index contributed by atoms with van der Waals surface area (Å²) in [5.41, 5.74) is 3.45. The second-order valence-electron chi connectivity index (χ2n) is 6.78. The van der Waals surface area contributed by atoms with E-state index < -0.39 is 5.56 Å². The van der Waals surface area contributed by atoms with E-state index in [2.05, 4.69) is 15.5 Å². The highest BCUT2D eigenvalue weighted by molar-refractivity contribution is 7.99. The smallest absolute Gasteiger partial charge is 0.294 e. The molecule has 0 saturated heterocycles. The number of benzene rings is 2. The van der Waals surface area contributed by atoms with Crippen molar-refractivity contribution in [2.24, 2.45) is 0 Å². The third-order valence-electron chi connectivity index (χ3n) is 4.46. The molecule has 0 atom stereocenters. The van der Waals surface area contributed by atoms with Crippen LogP contribution in [0, 0.1) is 13.8 Å². The van der Waals surface area contributed by atoms with E-state index in [9.17, 15) is 9.59 Å². The number of hydrogen-bond donors (Lipinski definition) is 2. The Kier molecular flexibility index (Phi) is 6.73. The Hall–Kier alpha value is -3.33. The van der Waals surface area contributed by atoms with Crippen LogP contribution in [0.3, 0.4) is 0 Å². The largest absolute Gasteiger partial charge is 0.497 e. The summed E-state index contributed by atoms with van der Waals surface area (Å²) in [4.78, 5) is 24.8. The average Bonchev–Trinajstić information content (AvgIpc) is 2.74. The number of nitrogens with two attached hydrogens (primary N) is 1. The number of aromatic nitrogens is 3. The third-order valence-corrected chi connectivity index (χ3v) is 5.40. The van der Waals surface area contributed by atoms with Crippen molar-refractivity contribution < 1.29 is 9.53 Å². The molecule has 0 aliphatic heterocycles. The highest BCUT2D eigenvalue weighted by Gasteiger charge is 2.14. The van der Waals surface area contributed by atoms with Crippen molar-refractivity contribution in [2.75, 3.05) is 24.0 Å². The van der Waals surface area contributed by atoms with Crippen LogP contribution >= 0.6 is 11.8 Å². The molecular weight excluding hydrogens is 402 g/mol. The molecule has 0 spiro atoms. The predicted molar refractivity (Wildman–Crippen MR) is 118 cm³/mol. The van der Waals surface area contributed by atoms with Crippen LogP contribution in [0.15, 0.2) is 52.4 Å². The Labute approximate surface area is 178 Å². The molecule has 0 aliphatic rings. The summed E-state index contributed by atoms with van der Waals surface area (Å²) in [6, 6.07) is 13.1. The molecule has 156 valence electrons. The van der Waals surface area contributed by atoms with Gasteiger partial charge in [0.15, 0.2) is 0 Å². The van der Waals surface area contributed by atoms with E-state index in [1.54, 1.807) is 7.11 Å². The quantitative estimate of drug-likeness (QED) is 0.441. The zero-order chi connectivity index (χ0) is 21.7. The zero-order valence-electron chi connectivity index (χ0n) is 17.0. The van der Waals surface area contributed by atoms with Crippen LogP contribution in [-0.4, -0.2) is 33.6 Å². The Morgan fingerprint density at radius 2 is 1.90 bits per heavy atom. The minimum atomic E-state index is -0.446. The minimum absolute atomic E-state index is 0.0521. The molecule has 1 amide bonds. The minimum Gasteiger partial charge on any atom is -0.497 e. The number of anilines is 1. The molecule has 9 heteroatoms. The van der Waals surface area contributed by atoms with Crippen molar-refractivity contribution in [3.63, 3.8) is 0 Å². The number of carbonyl (C=O) groups is 1. The monoisotopic (exact) mass is 425 g/mol. The highest BCUT2D eigenvalue weighted by atomic mass is 32.2. The summed E-state index contributed by atoms with van der Waals surface area (Å²) < 4.78 is 6.06. The molecule has 0 bridgehead atoms. The molecule has 2 aromatic carbocycles. The van der Waals surface area contributed by atoms with E-state index in [1.165, 1.54) is 0 Å². The number of aryl methyl sites for hydroxylation is 2. The lowest BCUT2D eigenvalue weighted by atomic mass is 10.1. The first-order valence-electron chi connectivity index (χ1n) is 9.24. The molecule has 0 aliphatic carbocycles. The van der Waals surface area contributed by atoms with Crippen LogP contribution in [0.25, 0.3) is 0 Å². The van der Waals surface area contributed by atoms with Gasteiger partial charge < -0.3 is 15.9 Å². The molecule has 3 rings (SSSR count). The molecule has 0 fully saturated rings. The summed E-state index contributed by atoms with van der Waals surface area (Å²) in [7, 11) is 1.59. The fourth-order valence-corrected chi connectivity index (χ4v) is 3.41. The van der Waals surface area contributed by atoms with E-state index in [4.69, 9.17) is 10.6 Å². The first-order valence-corrected chi connectivity index (χ1v) is 10.2. The summed E-state index contributed by atoms with van der Waals surface area (Å²) in [5.74, 6) is 6.46. The van der Waals surface area contributed by atoms with Gasteiger partial charge in [0.1, 0.15) is 11.4 Å². The average molecular weight is 426 g/mol. The maximum atomic E-state index is 12.5. The molecule has 30 heavy (non-hydrogen) atoms. The number of rotatable bonds is 7. The maximum absolute atomic E-state index is 12.5. The van der Waals surface area contributed by atoms with Gasteiger partial charge in [-0.3, -0.25) is 9.59 Å². The topological polar surface area (TPSA) is 112 Å². The van der Waals surface area contributed by atoms with Gasteiger partial charge in [0.2, 0.25) is 11.1 Å². The predicted octanol–water partition coefficient (Wildman–Crippen LogP) is 2.30. The van der Waals surface area contributed by atoms with Crippen LogP contribution in [0.4, 0.5) is 5.69 Å². The van der Waals surface area contributed by atoms with Crippen LogP contribution in [0.1, 0.15) is 22.4 Å². The molecule has 8 nitrogen and oxygen atoms in total.